The lowest BCUT2D eigenvalue weighted by Crippen LogP contribution is -2.61. The summed E-state index contributed by atoms with van der Waals surface area (Å²) in [6.07, 6.45) is 11.7. The highest BCUT2D eigenvalue weighted by atomic mass is 15.2. The molecular formula is C25H47N. The molecule has 1 nitrogen and oxygen atoms in total. The molecule has 1 saturated carbocycles. The summed E-state index contributed by atoms with van der Waals surface area (Å²) in [5.41, 5.74) is 0. The van der Waals surface area contributed by atoms with E-state index in [9.17, 15) is 0 Å². The number of rotatable bonds is 3. The van der Waals surface area contributed by atoms with Gasteiger partial charge >= 0.3 is 0 Å². The van der Waals surface area contributed by atoms with Crippen LogP contribution in [0, 0.1) is 41.4 Å². The third kappa shape index (κ3) is 3.76. The van der Waals surface area contributed by atoms with Gasteiger partial charge in [-0.2, -0.15) is 0 Å². The number of hydrogen-bond acceptors (Lipinski definition) is 1. The van der Waals surface area contributed by atoms with Crippen molar-refractivity contribution in [3.8, 4) is 0 Å². The van der Waals surface area contributed by atoms with Gasteiger partial charge in [0.25, 0.3) is 0 Å². The molecule has 152 valence electrons. The molecule has 3 rings (SSSR count). The highest BCUT2D eigenvalue weighted by Gasteiger charge is 2.48. The van der Waals surface area contributed by atoms with Gasteiger partial charge in [-0.3, -0.25) is 4.90 Å². The van der Waals surface area contributed by atoms with E-state index in [4.69, 9.17) is 0 Å². The average Bonchev–Trinajstić information content (AvgIpc) is 2.79. The molecule has 2 heterocycles. The molecule has 2 saturated heterocycles. The molecule has 0 aromatic rings. The number of nitrogens with zero attached hydrogens (tertiary/aromatic N) is 1. The van der Waals surface area contributed by atoms with Crippen molar-refractivity contribution in [2.45, 2.75) is 118 Å². The summed E-state index contributed by atoms with van der Waals surface area (Å²) in [7, 11) is 0. The monoisotopic (exact) mass is 361 g/mol. The highest BCUT2D eigenvalue weighted by Crippen LogP contribution is 2.48. The molecule has 0 bridgehead atoms. The predicted molar refractivity (Wildman–Crippen MR) is 114 cm³/mol. The molecule has 3 aliphatic rings. The molecule has 2 aliphatic heterocycles. The molecule has 0 radical (unpaired) electrons. The first-order valence-electron chi connectivity index (χ1n) is 12.1. The Labute approximate surface area is 164 Å². The molecular weight excluding hydrogens is 314 g/mol. The minimum atomic E-state index is 0.768. The number of fused-ring (bicyclic) bond motifs is 1. The minimum absolute atomic E-state index is 0.768. The maximum Gasteiger partial charge on any atom is 0.0104 e. The van der Waals surface area contributed by atoms with Crippen molar-refractivity contribution in [1.29, 1.82) is 0 Å². The van der Waals surface area contributed by atoms with E-state index in [-0.39, 0.29) is 0 Å². The van der Waals surface area contributed by atoms with Crippen molar-refractivity contribution < 1.29 is 0 Å². The van der Waals surface area contributed by atoms with Gasteiger partial charge in [0, 0.05) is 18.1 Å². The maximum atomic E-state index is 3.01. The van der Waals surface area contributed by atoms with Gasteiger partial charge in [0.05, 0.1) is 0 Å². The third-order valence-corrected chi connectivity index (χ3v) is 9.74. The fourth-order valence-electron chi connectivity index (χ4n) is 7.45. The number of hydrogen-bond donors (Lipinski definition) is 0. The van der Waals surface area contributed by atoms with Gasteiger partial charge in [0.2, 0.25) is 0 Å². The quantitative estimate of drug-likeness (QED) is 0.489. The smallest absolute Gasteiger partial charge is 0.0104 e. The van der Waals surface area contributed by atoms with Crippen LogP contribution in [0.5, 0.6) is 0 Å². The first kappa shape index (κ1) is 20.7. The van der Waals surface area contributed by atoms with Crippen molar-refractivity contribution in [3.63, 3.8) is 0 Å². The second-order valence-electron chi connectivity index (χ2n) is 10.8. The molecule has 26 heavy (non-hydrogen) atoms. The molecule has 0 spiro atoms. The standard InChI is InChI=1S/C25H47N/c1-8-16(2)25-15-22-13-14-24(21(7)26(22)20(6)19(25)5)23-12-10-9-11-17(3)18(23)4/h16-25H,8-15H2,1-7H3/t16-,17?,18?,19?,20?,21?,22?,23?,24?,25?/m0/s1. The molecule has 3 fully saturated rings. The fourth-order valence-corrected chi connectivity index (χ4v) is 7.45. The Morgan fingerprint density at radius 2 is 1.50 bits per heavy atom. The lowest BCUT2D eigenvalue weighted by Gasteiger charge is -2.57. The zero-order chi connectivity index (χ0) is 19.0. The van der Waals surface area contributed by atoms with E-state index in [0.29, 0.717) is 0 Å². The van der Waals surface area contributed by atoms with Crippen molar-refractivity contribution in [2.24, 2.45) is 41.4 Å². The van der Waals surface area contributed by atoms with E-state index in [2.05, 4.69) is 53.4 Å². The van der Waals surface area contributed by atoms with Crippen LogP contribution in [0.15, 0.2) is 0 Å². The summed E-state index contributed by atoms with van der Waals surface area (Å²) >= 11 is 0. The van der Waals surface area contributed by atoms with Crippen LogP contribution in [0.3, 0.4) is 0 Å². The lowest BCUT2D eigenvalue weighted by molar-refractivity contribution is -0.0851. The van der Waals surface area contributed by atoms with Crippen LogP contribution in [0.1, 0.15) is 99.8 Å². The van der Waals surface area contributed by atoms with E-state index in [1.807, 2.05) is 0 Å². The molecule has 0 aromatic carbocycles. The lowest BCUT2D eigenvalue weighted by atomic mass is 9.64. The predicted octanol–water partition coefficient (Wildman–Crippen LogP) is 7.01. The molecule has 1 aliphatic carbocycles. The Hall–Kier alpha value is -0.0400. The van der Waals surface area contributed by atoms with Gasteiger partial charge in [-0.05, 0) is 81.0 Å². The first-order valence-corrected chi connectivity index (χ1v) is 12.1. The van der Waals surface area contributed by atoms with Gasteiger partial charge in [-0.25, -0.2) is 0 Å². The highest BCUT2D eigenvalue weighted by molar-refractivity contribution is 5.00. The van der Waals surface area contributed by atoms with E-state index in [1.165, 1.54) is 51.4 Å². The Kier molecular flexibility index (Phi) is 6.80. The summed E-state index contributed by atoms with van der Waals surface area (Å²) in [6, 6.07) is 2.43. The summed E-state index contributed by atoms with van der Waals surface area (Å²) in [5, 5.41) is 0. The molecule has 0 N–H and O–H groups in total. The van der Waals surface area contributed by atoms with Crippen LogP contribution < -0.4 is 0 Å². The average molecular weight is 362 g/mol. The third-order valence-electron chi connectivity index (χ3n) is 9.74. The Morgan fingerprint density at radius 3 is 2.19 bits per heavy atom. The summed E-state index contributed by atoms with van der Waals surface area (Å²) in [4.78, 5) is 3.01. The molecule has 0 amide bonds. The Balaban J connectivity index is 1.76. The second kappa shape index (κ2) is 8.54. The van der Waals surface area contributed by atoms with Gasteiger partial charge in [0.1, 0.15) is 0 Å². The largest absolute Gasteiger partial charge is 0.294 e. The minimum Gasteiger partial charge on any atom is -0.294 e. The SMILES string of the molecule is CC[C@H](C)C1CC2CCC(C3CCCCC(C)C3C)C(C)N2C(C)C1C. The maximum absolute atomic E-state index is 3.01. The van der Waals surface area contributed by atoms with E-state index in [1.54, 1.807) is 0 Å². The second-order valence-corrected chi connectivity index (χ2v) is 10.8. The summed E-state index contributed by atoms with van der Waals surface area (Å²) in [6.45, 7) is 17.7. The van der Waals surface area contributed by atoms with Gasteiger partial charge in [-0.1, -0.05) is 60.3 Å². The normalized spacial score (nSPS) is 49.3. The molecule has 1 heteroatoms. The zero-order valence-corrected chi connectivity index (χ0v) is 18.9. The van der Waals surface area contributed by atoms with E-state index in [0.717, 1.165) is 59.6 Å². The molecule has 9 unspecified atom stereocenters. The Bertz CT molecular complexity index is 443. The van der Waals surface area contributed by atoms with Crippen LogP contribution >= 0.6 is 0 Å². The van der Waals surface area contributed by atoms with E-state index >= 15 is 0 Å². The van der Waals surface area contributed by atoms with Crippen molar-refractivity contribution in [3.05, 3.63) is 0 Å². The van der Waals surface area contributed by atoms with Crippen LogP contribution in [0.4, 0.5) is 0 Å². The number of piperidine rings is 2. The van der Waals surface area contributed by atoms with Crippen LogP contribution in [0.2, 0.25) is 0 Å². The van der Waals surface area contributed by atoms with Crippen molar-refractivity contribution >= 4 is 0 Å². The van der Waals surface area contributed by atoms with Crippen molar-refractivity contribution in [2.75, 3.05) is 0 Å². The molecule has 0 aromatic heterocycles. The Morgan fingerprint density at radius 1 is 0.808 bits per heavy atom. The van der Waals surface area contributed by atoms with Crippen LogP contribution in [0.25, 0.3) is 0 Å². The zero-order valence-electron chi connectivity index (χ0n) is 18.9. The molecule has 10 atom stereocenters. The topological polar surface area (TPSA) is 3.24 Å². The van der Waals surface area contributed by atoms with Gasteiger partial charge < -0.3 is 0 Å². The fraction of sp³-hybridized carbons (Fsp3) is 1.00. The van der Waals surface area contributed by atoms with Gasteiger partial charge in [-0.15, -0.1) is 0 Å². The van der Waals surface area contributed by atoms with Crippen LogP contribution in [-0.4, -0.2) is 23.0 Å². The first-order chi connectivity index (χ1) is 12.4. The summed E-state index contributed by atoms with van der Waals surface area (Å²) in [5.74, 6) is 6.46. The van der Waals surface area contributed by atoms with Gasteiger partial charge in [0.15, 0.2) is 0 Å². The van der Waals surface area contributed by atoms with Crippen LogP contribution in [-0.2, 0) is 0 Å². The summed E-state index contributed by atoms with van der Waals surface area (Å²) < 4.78 is 0. The van der Waals surface area contributed by atoms with Crippen molar-refractivity contribution in [1.82, 2.24) is 4.90 Å². The van der Waals surface area contributed by atoms with E-state index < -0.39 is 0 Å².